The molecule has 2 amide bonds. The molecular formula is C15H18N2O2. The van der Waals surface area contributed by atoms with E-state index in [2.05, 4.69) is 28.8 Å². The molecule has 1 aromatic rings. The van der Waals surface area contributed by atoms with E-state index in [1.54, 1.807) is 0 Å². The lowest BCUT2D eigenvalue weighted by Crippen LogP contribution is -2.50. The van der Waals surface area contributed by atoms with Gasteiger partial charge in [0.15, 0.2) is 0 Å². The van der Waals surface area contributed by atoms with Gasteiger partial charge < -0.3 is 5.32 Å². The molecule has 0 radical (unpaired) electrons. The molecule has 3 rings (SSSR count). The second-order valence-corrected chi connectivity index (χ2v) is 5.36. The first kappa shape index (κ1) is 12.4. The fraction of sp³-hybridized carbons (Fsp3) is 0.467. The Morgan fingerprint density at radius 2 is 1.95 bits per heavy atom. The Hall–Kier alpha value is -1.68. The Bertz CT molecular complexity index is 509. The largest absolute Gasteiger partial charge is 0.302 e. The Balaban J connectivity index is 1.63. The number of hydrogen-bond acceptors (Lipinski definition) is 3. The number of carbonyl (C=O) groups excluding carboxylic acids is 2. The van der Waals surface area contributed by atoms with Gasteiger partial charge in [-0.2, -0.15) is 0 Å². The molecule has 1 unspecified atom stereocenters. The summed E-state index contributed by atoms with van der Waals surface area (Å²) in [6.45, 7) is 0.693. The molecule has 1 aliphatic heterocycles. The van der Waals surface area contributed by atoms with Crippen molar-refractivity contribution in [2.24, 2.45) is 0 Å². The molecular weight excluding hydrogens is 240 g/mol. The first-order valence-electron chi connectivity index (χ1n) is 6.89. The Morgan fingerprint density at radius 1 is 1.16 bits per heavy atom. The minimum absolute atomic E-state index is 0.165. The zero-order valence-corrected chi connectivity index (χ0v) is 10.8. The number of benzene rings is 1. The molecule has 19 heavy (non-hydrogen) atoms. The van der Waals surface area contributed by atoms with E-state index in [4.69, 9.17) is 0 Å². The van der Waals surface area contributed by atoms with E-state index in [9.17, 15) is 9.59 Å². The molecule has 2 N–H and O–H groups in total. The van der Waals surface area contributed by atoms with Crippen molar-refractivity contribution >= 4 is 11.8 Å². The maximum atomic E-state index is 11.7. The highest BCUT2D eigenvalue weighted by atomic mass is 16.2. The summed E-state index contributed by atoms with van der Waals surface area (Å²) >= 11 is 0. The van der Waals surface area contributed by atoms with Gasteiger partial charge in [0.05, 0.1) is 6.04 Å². The molecule has 1 aliphatic carbocycles. The van der Waals surface area contributed by atoms with Crippen LogP contribution in [0.1, 0.15) is 42.7 Å². The van der Waals surface area contributed by atoms with Crippen molar-refractivity contribution in [3.8, 4) is 0 Å². The Morgan fingerprint density at radius 3 is 2.68 bits per heavy atom. The maximum absolute atomic E-state index is 11.7. The summed E-state index contributed by atoms with van der Waals surface area (Å²) in [4.78, 5) is 22.7. The van der Waals surface area contributed by atoms with Crippen molar-refractivity contribution < 1.29 is 9.59 Å². The van der Waals surface area contributed by atoms with E-state index in [0.29, 0.717) is 25.3 Å². The van der Waals surface area contributed by atoms with Crippen molar-refractivity contribution in [2.75, 3.05) is 0 Å². The quantitative estimate of drug-likeness (QED) is 0.804. The maximum Gasteiger partial charge on any atom is 0.243 e. The van der Waals surface area contributed by atoms with E-state index in [1.165, 1.54) is 24.0 Å². The average Bonchev–Trinajstić information content (AvgIpc) is 3.22. The highest BCUT2D eigenvalue weighted by molar-refractivity contribution is 6.00. The number of imide groups is 1. The number of carbonyl (C=O) groups is 2. The minimum Gasteiger partial charge on any atom is -0.302 e. The predicted octanol–water partition coefficient (Wildman–Crippen LogP) is 1.46. The summed E-state index contributed by atoms with van der Waals surface area (Å²) in [5.41, 5.74) is 2.68. The van der Waals surface area contributed by atoms with Gasteiger partial charge in [0.2, 0.25) is 11.8 Å². The SMILES string of the molecule is O=C1CCC(NCc2ccccc2C2CC2)C(=O)N1. The average molecular weight is 258 g/mol. The van der Waals surface area contributed by atoms with E-state index >= 15 is 0 Å². The lowest BCUT2D eigenvalue weighted by Gasteiger charge is -2.22. The highest BCUT2D eigenvalue weighted by Crippen LogP contribution is 2.41. The molecule has 4 nitrogen and oxygen atoms in total. The third kappa shape index (κ3) is 2.84. The smallest absolute Gasteiger partial charge is 0.243 e. The van der Waals surface area contributed by atoms with Gasteiger partial charge >= 0.3 is 0 Å². The third-order valence-electron chi connectivity index (χ3n) is 3.85. The van der Waals surface area contributed by atoms with Crippen LogP contribution in [0.3, 0.4) is 0 Å². The third-order valence-corrected chi connectivity index (χ3v) is 3.85. The van der Waals surface area contributed by atoms with E-state index < -0.39 is 0 Å². The molecule has 0 bridgehead atoms. The molecule has 2 fully saturated rings. The van der Waals surface area contributed by atoms with Crippen molar-refractivity contribution in [1.29, 1.82) is 0 Å². The fourth-order valence-electron chi connectivity index (χ4n) is 2.61. The van der Waals surface area contributed by atoms with E-state index in [0.717, 1.165) is 0 Å². The van der Waals surface area contributed by atoms with Crippen LogP contribution in [0, 0.1) is 0 Å². The molecule has 1 saturated carbocycles. The van der Waals surface area contributed by atoms with Crippen LogP contribution in [0.15, 0.2) is 24.3 Å². The van der Waals surface area contributed by atoms with Gasteiger partial charge in [-0.3, -0.25) is 14.9 Å². The predicted molar refractivity (Wildman–Crippen MR) is 71.4 cm³/mol. The molecule has 0 spiro atoms. The molecule has 1 aromatic carbocycles. The van der Waals surface area contributed by atoms with Crippen molar-refractivity contribution in [3.63, 3.8) is 0 Å². The zero-order valence-electron chi connectivity index (χ0n) is 10.8. The van der Waals surface area contributed by atoms with Crippen molar-refractivity contribution in [1.82, 2.24) is 10.6 Å². The lowest BCUT2D eigenvalue weighted by atomic mass is 10.0. The van der Waals surface area contributed by atoms with Crippen LogP contribution in [0.2, 0.25) is 0 Å². The van der Waals surface area contributed by atoms with E-state index in [1.807, 2.05) is 6.07 Å². The van der Waals surface area contributed by atoms with Crippen LogP contribution in [-0.4, -0.2) is 17.9 Å². The van der Waals surface area contributed by atoms with Crippen LogP contribution in [0.4, 0.5) is 0 Å². The van der Waals surface area contributed by atoms with Gasteiger partial charge in [-0.15, -0.1) is 0 Å². The van der Waals surface area contributed by atoms with Gasteiger partial charge in [0.1, 0.15) is 0 Å². The van der Waals surface area contributed by atoms with Gasteiger partial charge in [-0.25, -0.2) is 0 Å². The molecule has 1 saturated heterocycles. The van der Waals surface area contributed by atoms with Crippen molar-refractivity contribution in [2.45, 2.75) is 44.2 Å². The van der Waals surface area contributed by atoms with E-state index in [-0.39, 0.29) is 17.9 Å². The normalized spacial score (nSPS) is 23.3. The number of rotatable bonds is 4. The first-order valence-corrected chi connectivity index (χ1v) is 6.89. The highest BCUT2D eigenvalue weighted by Gasteiger charge is 2.28. The first-order chi connectivity index (χ1) is 9.24. The summed E-state index contributed by atoms with van der Waals surface area (Å²) in [5, 5.41) is 5.64. The minimum atomic E-state index is -0.245. The summed E-state index contributed by atoms with van der Waals surface area (Å²) in [7, 11) is 0. The second-order valence-electron chi connectivity index (χ2n) is 5.36. The van der Waals surface area contributed by atoms with Gasteiger partial charge in [-0.05, 0) is 36.3 Å². The molecule has 0 aromatic heterocycles. The van der Waals surface area contributed by atoms with Crippen LogP contribution >= 0.6 is 0 Å². The topological polar surface area (TPSA) is 58.2 Å². The van der Waals surface area contributed by atoms with Gasteiger partial charge in [0.25, 0.3) is 0 Å². The fourth-order valence-corrected chi connectivity index (χ4v) is 2.61. The summed E-state index contributed by atoms with van der Waals surface area (Å²) in [5.74, 6) is 0.348. The monoisotopic (exact) mass is 258 g/mol. The van der Waals surface area contributed by atoms with Crippen molar-refractivity contribution in [3.05, 3.63) is 35.4 Å². The van der Waals surface area contributed by atoms with Crippen LogP contribution in [0.5, 0.6) is 0 Å². The molecule has 2 aliphatic rings. The second kappa shape index (κ2) is 5.13. The number of amides is 2. The molecule has 1 heterocycles. The van der Waals surface area contributed by atoms with Gasteiger partial charge in [-0.1, -0.05) is 24.3 Å². The molecule has 100 valence electrons. The zero-order chi connectivity index (χ0) is 13.2. The summed E-state index contributed by atoms with van der Waals surface area (Å²) in [6, 6.07) is 8.16. The van der Waals surface area contributed by atoms with Crippen LogP contribution < -0.4 is 10.6 Å². The van der Waals surface area contributed by atoms with Crippen LogP contribution in [-0.2, 0) is 16.1 Å². The molecule has 4 heteroatoms. The summed E-state index contributed by atoms with van der Waals surface area (Å²) in [6.07, 6.45) is 3.56. The van der Waals surface area contributed by atoms with Gasteiger partial charge in [0, 0.05) is 13.0 Å². The molecule has 1 atom stereocenters. The van der Waals surface area contributed by atoms with Crippen LogP contribution in [0.25, 0.3) is 0 Å². The number of hydrogen-bond donors (Lipinski definition) is 2. The number of nitrogens with one attached hydrogen (secondary N) is 2. The Kier molecular flexibility index (Phi) is 3.34. The standard InChI is InChI=1S/C15H18N2O2/c18-14-8-7-13(15(19)17-14)16-9-11-3-1-2-4-12(11)10-5-6-10/h1-4,10,13,16H,5-9H2,(H,17,18,19). The lowest BCUT2D eigenvalue weighted by molar-refractivity contribution is -0.134. The summed E-state index contributed by atoms with van der Waals surface area (Å²) < 4.78 is 0. The Labute approximate surface area is 112 Å². The number of piperidine rings is 1.